The molecule has 2 N–H and O–H groups in total. The smallest absolute Gasteiger partial charge is 0.422 e. The van der Waals surface area contributed by atoms with Crippen LogP contribution >= 0.6 is 23.2 Å². The van der Waals surface area contributed by atoms with E-state index >= 15 is 0 Å². The molecule has 162 valence electrons. The van der Waals surface area contributed by atoms with Gasteiger partial charge in [-0.25, -0.2) is 9.78 Å². The molecule has 0 bridgehead atoms. The molecule has 3 rings (SSSR count). The van der Waals surface area contributed by atoms with Gasteiger partial charge in [-0.15, -0.1) is 0 Å². The second kappa shape index (κ2) is 8.49. The molecule has 2 atom stereocenters. The molecule has 0 amide bonds. The second-order valence-electron chi connectivity index (χ2n) is 6.97. The van der Waals surface area contributed by atoms with E-state index in [2.05, 4.69) is 4.98 Å². The van der Waals surface area contributed by atoms with Gasteiger partial charge in [0.05, 0.1) is 5.56 Å². The molecule has 0 aliphatic rings. The van der Waals surface area contributed by atoms with Gasteiger partial charge in [-0.1, -0.05) is 54.4 Å². The summed E-state index contributed by atoms with van der Waals surface area (Å²) >= 11 is 12.1. The van der Waals surface area contributed by atoms with Crippen LogP contribution in [0.4, 0.5) is 13.2 Å². The van der Waals surface area contributed by atoms with Crippen LogP contribution in [0, 0.1) is 0 Å². The highest BCUT2D eigenvalue weighted by molar-refractivity contribution is 6.31. The summed E-state index contributed by atoms with van der Waals surface area (Å²) in [6, 6.07) is 12.4. The Hall–Kier alpha value is -2.61. The molecule has 0 saturated carbocycles. The normalized spacial score (nSPS) is 14.7. The predicted octanol–water partition coefficient (Wildman–Crippen LogP) is 6.31. The Morgan fingerprint density at radius 2 is 1.61 bits per heavy atom. The fourth-order valence-corrected chi connectivity index (χ4v) is 3.90. The van der Waals surface area contributed by atoms with Crippen LogP contribution in [0.3, 0.4) is 0 Å². The predicted molar refractivity (Wildman–Crippen MR) is 111 cm³/mol. The van der Waals surface area contributed by atoms with Gasteiger partial charge in [0, 0.05) is 17.1 Å². The first-order valence-electron chi connectivity index (χ1n) is 8.99. The minimum atomic E-state index is -5.02. The summed E-state index contributed by atoms with van der Waals surface area (Å²) in [5.41, 5.74) is -2.30. The number of nitrogens with zero attached hydrogens (tertiary/aromatic N) is 1. The summed E-state index contributed by atoms with van der Waals surface area (Å²) in [7, 11) is 0. The standard InChI is InChI=1S/C22H16Cl2F3NO3/c1-12(21(31,22(25,26)27)16-8-9-28-19(24)11-16)17-7-6-15(10-18(17)23)13-2-4-14(5-3-13)20(29)30/h2-12,31H,1H3,(H,29,30)/t12-,21-/m1/s1. The highest BCUT2D eigenvalue weighted by Gasteiger charge is 2.59. The van der Waals surface area contributed by atoms with Crippen LogP contribution in [-0.4, -0.2) is 27.3 Å². The van der Waals surface area contributed by atoms with Crippen molar-refractivity contribution < 1.29 is 28.2 Å². The number of carbonyl (C=O) groups is 1. The third-order valence-corrected chi connectivity index (χ3v) is 5.69. The number of aliphatic hydroxyl groups is 1. The van der Waals surface area contributed by atoms with Crippen molar-refractivity contribution in [1.82, 2.24) is 4.98 Å². The number of hydrogen-bond donors (Lipinski definition) is 2. The Morgan fingerprint density at radius 1 is 1.00 bits per heavy atom. The van der Waals surface area contributed by atoms with Gasteiger partial charge in [0.1, 0.15) is 5.15 Å². The Kier molecular flexibility index (Phi) is 6.32. The number of rotatable bonds is 5. The number of pyridine rings is 1. The molecule has 0 unspecified atom stereocenters. The maximum Gasteiger partial charge on any atom is 0.422 e. The Labute approximate surface area is 185 Å². The molecule has 0 aliphatic carbocycles. The second-order valence-corrected chi connectivity index (χ2v) is 7.77. The zero-order valence-corrected chi connectivity index (χ0v) is 17.5. The lowest BCUT2D eigenvalue weighted by Crippen LogP contribution is -2.46. The summed E-state index contributed by atoms with van der Waals surface area (Å²) < 4.78 is 42.1. The van der Waals surface area contributed by atoms with E-state index in [1.807, 2.05) is 0 Å². The minimum Gasteiger partial charge on any atom is -0.478 e. The van der Waals surface area contributed by atoms with Crippen LogP contribution in [0.25, 0.3) is 11.1 Å². The third kappa shape index (κ3) is 4.39. The van der Waals surface area contributed by atoms with Gasteiger partial charge in [0.2, 0.25) is 0 Å². The van der Waals surface area contributed by atoms with Crippen molar-refractivity contribution in [3.05, 3.63) is 87.7 Å². The Morgan fingerprint density at radius 3 is 2.13 bits per heavy atom. The van der Waals surface area contributed by atoms with Crippen LogP contribution in [0.1, 0.15) is 34.3 Å². The molecule has 3 aromatic rings. The summed E-state index contributed by atoms with van der Waals surface area (Å²) in [6.45, 7) is 1.23. The maximum atomic E-state index is 14.0. The summed E-state index contributed by atoms with van der Waals surface area (Å²) in [4.78, 5) is 14.7. The number of alkyl halides is 3. The average molecular weight is 470 g/mol. The largest absolute Gasteiger partial charge is 0.478 e. The van der Waals surface area contributed by atoms with Gasteiger partial charge in [-0.05, 0) is 52.6 Å². The van der Waals surface area contributed by atoms with E-state index < -0.39 is 29.2 Å². The van der Waals surface area contributed by atoms with E-state index in [1.54, 1.807) is 18.2 Å². The zero-order valence-electron chi connectivity index (χ0n) is 16.0. The molecule has 1 heterocycles. The molecular weight excluding hydrogens is 454 g/mol. The molecule has 9 heteroatoms. The first-order chi connectivity index (χ1) is 14.4. The molecule has 0 saturated heterocycles. The van der Waals surface area contributed by atoms with Crippen molar-refractivity contribution >= 4 is 29.2 Å². The van der Waals surface area contributed by atoms with E-state index in [9.17, 15) is 23.1 Å². The van der Waals surface area contributed by atoms with Crippen molar-refractivity contribution in [2.45, 2.75) is 24.6 Å². The third-order valence-electron chi connectivity index (χ3n) is 5.16. The van der Waals surface area contributed by atoms with Crippen LogP contribution in [0.2, 0.25) is 10.2 Å². The quantitative estimate of drug-likeness (QED) is 0.429. The van der Waals surface area contributed by atoms with Gasteiger partial charge in [-0.3, -0.25) is 0 Å². The Bertz CT molecular complexity index is 1120. The van der Waals surface area contributed by atoms with Crippen molar-refractivity contribution in [3.8, 4) is 11.1 Å². The van der Waals surface area contributed by atoms with E-state index in [4.69, 9.17) is 28.3 Å². The number of aromatic carboxylic acids is 1. The molecule has 2 aromatic carbocycles. The number of hydrogen-bond acceptors (Lipinski definition) is 3. The molecule has 31 heavy (non-hydrogen) atoms. The first kappa shape index (κ1) is 23.1. The number of halogens is 5. The number of aromatic nitrogens is 1. The topological polar surface area (TPSA) is 70.4 Å². The van der Waals surface area contributed by atoms with E-state index in [0.29, 0.717) is 11.1 Å². The van der Waals surface area contributed by atoms with E-state index in [1.165, 1.54) is 31.2 Å². The molecule has 0 aliphatic heterocycles. The molecule has 4 nitrogen and oxygen atoms in total. The summed E-state index contributed by atoms with van der Waals surface area (Å²) in [5.74, 6) is -2.54. The lowest BCUT2D eigenvalue weighted by atomic mass is 9.77. The molecule has 1 aromatic heterocycles. The van der Waals surface area contributed by atoms with Crippen LogP contribution in [-0.2, 0) is 5.60 Å². The Balaban J connectivity index is 2.03. The SMILES string of the molecule is C[C@H](c1ccc(-c2ccc(C(=O)O)cc2)cc1Cl)[C@@](O)(c1ccnc(Cl)c1)C(F)(F)F. The zero-order chi connectivity index (χ0) is 23.0. The molecular formula is C22H16Cl2F3NO3. The fourth-order valence-electron chi connectivity index (χ4n) is 3.39. The lowest BCUT2D eigenvalue weighted by Gasteiger charge is -2.37. The van der Waals surface area contributed by atoms with Crippen molar-refractivity contribution in [2.24, 2.45) is 0 Å². The summed E-state index contributed by atoms with van der Waals surface area (Å²) in [5, 5.41) is 19.7. The minimum absolute atomic E-state index is 0.0233. The molecule has 0 radical (unpaired) electrons. The number of carboxylic acids is 1. The first-order valence-corrected chi connectivity index (χ1v) is 9.75. The highest BCUT2D eigenvalue weighted by Crippen LogP contribution is 2.50. The van der Waals surface area contributed by atoms with E-state index in [-0.39, 0.29) is 21.3 Å². The van der Waals surface area contributed by atoms with Gasteiger partial charge in [0.25, 0.3) is 0 Å². The van der Waals surface area contributed by atoms with Crippen LogP contribution in [0.15, 0.2) is 60.8 Å². The number of benzene rings is 2. The van der Waals surface area contributed by atoms with Gasteiger partial charge in [-0.2, -0.15) is 13.2 Å². The van der Waals surface area contributed by atoms with E-state index in [0.717, 1.165) is 18.3 Å². The van der Waals surface area contributed by atoms with Crippen LogP contribution in [0.5, 0.6) is 0 Å². The van der Waals surface area contributed by atoms with Gasteiger partial charge in [0.15, 0.2) is 5.60 Å². The highest BCUT2D eigenvalue weighted by atomic mass is 35.5. The van der Waals surface area contributed by atoms with Crippen molar-refractivity contribution in [2.75, 3.05) is 0 Å². The average Bonchev–Trinajstić information content (AvgIpc) is 2.71. The van der Waals surface area contributed by atoms with Gasteiger partial charge < -0.3 is 10.2 Å². The number of carboxylic acid groups (broad SMARTS) is 1. The maximum absolute atomic E-state index is 14.0. The van der Waals surface area contributed by atoms with Crippen molar-refractivity contribution in [3.63, 3.8) is 0 Å². The van der Waals surface area contributed by atoms with Crippen molar-refractivity contribution in [1.29, 1.82) is 0 Å². The monoisotopic (exact) mass is 469 g/mol. The molecule has 0 spiro atoms. The fraction of sp³-hybridized carbons (Fsp3) is 0.182. The lowest BCUT2D eigenvalue weighted by molar-refractivity contribution is -0.274. The summed E-state index contributed by atoms with van der Waals surface area (Å²) in [6.07, 6.45) is -3.93. The van der Waals surface area contributed by atoms with Gasteiger partial charge >= 0.3 is 12.1 Å². The van der Waals surface area contributed by atoms with Crippen LogP contribution < -0.4 is 0 Å². The molecule has 0 fully saturated rings.